The Bertz CT molecular complexity index is 985. The number of carbonyl (C=O) groups excluding carboxylic acids is 2. The minimum atomic E-state index is -0.542. The van der Waals surface area contributed by atoms with Gasteiger partial charge in [-0.05, 0) is 60.4 Å². The highest BCUT2D eigenvalue weighted by atomic mass is 35.5. The van der Waals surface area contributed by atoms with Crippen LogP contribution in [0.5, 0.6) is 0 Å². The molecule has 2 aromatic carbocycles. The quantitative estimate of drug-likeness (QED) is 0.359. The molecule has 0 radical (unpaired) electrons. The number of halogens is 2. The first-order valence-electron chi connectivity index (χ1n) is 12.9. The van der Waals surface area contributed by atoms with Crippen molar-refractivity contribution in [1.82, 2.24) is 10.2 Å². The van der Waals surface area contributed by atoms with Crippen LogP contribution < -0.4 is 5.32 Å². The summed E-state index contributed by atoms with van der Waals surface area (Å²) in [6, 6.07) is 13.4. The third-order valence-corrected chi connectivity index (χ3v) is 7.55. The summed E-state index contributed by atoms with van der Waals surface area (Å²) >= 11 is 12.5. The summed E-state index contributed by atoms with van der Waals surface area (Å²) in [7, 11) is 0. The highest BCUT2D eigenvalue weighted by Crippen LogP contribution is 2.25. The molecule has 0 aliphatic heterocycles. The summed E-state index contributed by atoms with van der Waals surface area (Å²) in [6.07, 6.45) is 7.01. The van der Waals surface area contributed by atoms with Crippen molar-refractivity contribution in [2.75, 3.05) is 0 Å². The largest absolute Gasteiger partial charge is 0.352 e. The molecule has 3 rings (SSSR count). The zero-order valence-corrected chi connectivity index (χ0v) is 22.7. The van der Waals surface area contributed by atoms with Gasteiger partial charge < -0.3 is 10.2 Å². The fraction of sp³-hybridized carbons (Fsp3) is 0.517. The topological polar surface area (TPSA) is 49.4 Å². The molecule has 2 amide bonds. The van der Waals surface area contributed by atoms with Crippen molar-refractivity contribution in [3.05, 3.63) is 69.2 Å². The molecule has 6 heteroatoms. The van der Waals surface area contributed by atoms with E-state index in [2.05, 4.69) is 43.4 Å². The first-order valence-corrected chi connectivity index (χ1v) is 13.7. The van der Waals surface area contributed by atoms with Crippen molar-refractivity contribution in [1.29, 1.82) is 0 Å². The molecular formula is C29H38Cl2N2O2. The molecule has 0 bridgehead atoms. The van der Waals surface area contributed by atoms with Gasteiger partial charge in [0.05, 0.1) is 0 Å². The maximum absolute atomic E-state index is 13.5. The monoisotopic (exact) mass is 516 g/mol. The highest BCUT2D eigenvalue weighted by molar-refractivity contribution is 6.35. The van der Waals surface area contributed by atoms with Gasteiger partial charge in [-0.3, -0.25) is 9.59 Å². The second-order valence-electron chi connectivity index (χ2n) is 9.92. The predicted molar refractivity (Wildman–Crippen MR) is 145 cm³/mol. The van der Waals surface area contributed by atoms with Crippen LogP contribution in [0.4, 0.5) is 0 Å². The molecule has 190 valence electrons. The Labute approximate surface area is 220 Å². The van der Waals surface area contributed by atoms with Crippen molar-refractivity contribution < 1.29 is 9.59 Å². The van der Waals surface area contributed by atoms with Gasteiger partial charge in [-0.25, -0.2) is 0 Å². The van der Waals surface area contributed by atoms with Gasteiger partial charge in [0.1, 0.15) is 6.04 Å². The number of rotatable bonds is 10. The Morgan fingerprint density at radius 1 is 1.03 bits per heavy atom. The van der Waals surface area contributed by atoms with Gasteiger partial charge in [-0.15, -0.1) is 0 Å². The molecule has 1 atom stereocenters. The Hall–Kier alpha value is -2.04. The molecule has 1 aliphatic rings. The van der Waals surface area contributed by atoms with Crippen LogP contribution in [-0.2, 0) is 22.6 Å². The summed E-state index contributed by atoms with van der Waals surface area (Å²) in [5.74, 6) is 0.354. The number of nitrogens with one attached hydrogen (secondary N) is 1. The van der Waals surface area contributed by atoms with E-state index in [0.717, 1.165) is 36.8 Å². The van der Waals surface area contributed by atoms with E-state index >= 15 is 0 Å². The van der Waals surface area contributed by atoms with E-state index in [0.29, 0.717) is 35.2 Å². The lowest BCUT2D eigenvalue weighted by Crippen LogP contribution is -2.51. The summed E-state index contributed by atoms with van der Waals surface area (Å²) in [5.41, 5.74) is 3.19. The van der Waals surface area contributed by atoms with Crippen molar-refractivity contribution >= 4 is 35.0 Å². The first-order chi connectivity index (χ1) is 16.8. The van der Waals surface area contributed by atoms with E-state index in [1.54, 1.807) is 17.0 Å². The van der Waals surface area contributed by atoms with Crippen molar-refractivity contribution in [3.8, 4) is 0 Å². The summed E-state index contributed by atoms with van der Waals surface area (Å²) in [4.78, 5) is 28.6. The lowest BCUT2D eigenvalue weighted by Gasteiger charge is -2.33. The molecule has 0 heterocycles. The van der Waals surface area contributed by atoms with Gasteiger partial charge in [0.25, 0.3) is 0 Å². The molecule has 1 fully saturated rings. The molecular weight excluding hydrogens is 479 g/mol. The molecule has 0 saturated heterocycles. The van der Waals surface area contributed by atoms with Crippen LogP contribution in [0.15, 0.2) is 42.5 Å². The number of hydrogen-bond donors (Lipinski definition) is 1. The average Bonchev–Trinajstić information content (AvgIpc) is 2.84. The van der Waals surface area contributed by atoms with Crippen LogP contribution in [0.1, 0.15) is 88.3 Å². The molecule has 35 heavy (non-hydrogen) atoms. The van der Waals surface area contributed by atoms with E-state index in [1.807, 2.05) is 13.0 Å². The lowest BCUT2D eigenvalue weighted by molar-refractivity contribution is -0.141. The number of hydrogen-bond acceptors (Lipinski definition) is 2. The third-order valence-electron chi connectivity index (χ3n) is 6.97. The molecule has 4 nitrogen and oxygen atoms in total. The molecule has 0 aromatic heterocycles. The number of benzene rings is 2. The molecule has 1 aliphatic carbocycles. The Kier molecular flexibility index (Phi) is 10.5. The zero-order chi connectivity index (χ0) is 25.4. The predicted octanol–water partition coefficient (Wildman–Crippen LogP) is 7.31. The summed E-state index contributed by atoms with van der Waals surface area (Å²) in [6.45, 7) is 6.57. The van der Waals surface area contributed by atoms with Crippen LogP contribution >= 0.6 is 23.2 Å². The first kappa shape index (κ1) is 27.5. The van der Waals surface area contributed by atoms with Crippen LogP contribution in [-0.4, -0.2) is 28.8 Å². The summed E-state index contributed by atoms with van der Waals surface area (Å²) in [5, 5.41) is 4.27. The van der Waals surface area contributed by atoms with Crippen molar-refractivity contribution in [3.63, 3.8) is 0 Å². The Balaban J connectivity index is 1.76. The van der Waals surface area contributed by atoms with E-state index in [-0.39, 0.29) is 24.4 Å². The molecule has 1 unspecified atom stereocenters. The number of amides is 2. The number of aryl methyl sites for hydroxylation is 1. The van der Waals surface area contributed by atoms with Crippen LogP contribution in [0.25, 0.3) is 0 Å². The second-order valence-corrected chi connectivity index (χ2v) is 10.8. The average molecular weight is 518 g/mol. The fourth-order valence-electron chi connectivity index (χ4n) is 4.76. The van der Waals surface area contributed by atoms with E-state index in [1.165, 1.54) is 12.0 Å². The molecule has 2 aromatic rings. The minimum Gasteiger partial charge on any atom is -0.352 e. The van der Waals surface area contributed by atoms with Crippen LogP contribution in [0, 0.1) is 0 Å². The highest BCUT2D eigenvalue weighted by Gasteiger charge is 2.30. The lowest BCUT2D eigenvalue weighted by atomic mass is 9.95. The van der Waals surface area contributed by atoms with Gasteiger partial charge in [-0.1, -0.05) is 93.6 Å². The normalized spacial score (nSPS) is 15.1. The Morgan fingerprint density at radius 3 is 2.31 bits per heavy atom. The van der Waals surface area contributed by atoms with Gasteiger partial charge in [0.15, 0.2) is 0 Å². The maximum atomic E-state index is 13.5. The van der Waals surface area contributed by atoms with Crippen LogP contribution in [0.2, 0.25) is 10.0 Å². The Morgan fingerprint density at radius 2 is 1.71 bits per heavy atom. The second kappa shape index (κ2) is 13.3. The molecule has 0 spiro atoms. The zero-order valence-electron chi connectivity index (χ0n) is 21.2. The van der Waals surface area contributed by atoms with Crippen molar-refractivity contribution in [2.45, 2.75) is 96.7 Å². The minimum absolute atomic E-state index is 0.0467. The van der Waals surface area contributed by atoms with E-state index in [4.69, 9.17) is 23.2 Å². The van der Waals surface area contributed by atoms with Crippen LogP contribution in [0.3, 0.4) is 0 Å². The van der Waals surface area contributed by atoms with E-state index in [9.17, 15) is 9.59 Å². The third kappa shape index (κ3) is 7.98. The van der Waals surface area contributed by atoms with Gasteiger partial charge in [0.2, 0.25) is 11.8 Å². The summed E-state index contributed by atoms with van der Waals surface area (Å²) < 4.78 is 0. The fourth-order valence-corrected chi connectivity index (χ4v) is 5.23. The van der Waals surface area contributed by atoms with E-state index < -0.39 is 6.04 Å². The maximum Gasteiger partial charge on any atom is 0.243 e. The SMILES string of the molecule is CCC(C(=O)NC1CCCCC1)N(Cc1ccc(Cl)cc1Cl)C(=O)CCc1ccc(C(C)C)cc1. The smallest absolute Gasteiger partial charge is 0.243 e. The van der Waals surface area contributed by atoms with Gasteiger partial charge in [0, 0.05) is 29.1 Å². The number of nitrogens with zero attached hydrogens (tertiary/aromatic N) is 1. The molecule has 1 N–H and O–H groups in total. The van der Waals surface area contributed by atoms with Crippen molar-refractivity contribution in [2.24, 2.45) is 0 Å². The molecule has 1 saturated carbocycles. The number of carbonyl (C=O) groups is 2. The standard InChI is InChI=1S/C29H38Cl2N2O2/c1-4-27(29(35)32-25-8-6-5-7-9-25)33(19-23-15-16-24(30)18-26(23)31)28(34)17-12-21-10-13-22(14-11-21)20(2)3/h10-11,13-16,18,20,25,27H,4-9,12,17,19H2,1-3H3,(H,32,35). The van der Waals surface area contributed by atoms with Gasteiger partial charge in [-0.2, -0.15) is 0 Å². The van der Waals surface area contributed by atoms with Gasteiger partial charge >= 0.3 is 0 Å².